The monoisotopic (exact) mass is 304 g/mol. The predicted molar refractivity (Wildman–Crippen MR) is 71.3 cm³/mol. The minimum Gasteiger partial charge on any atom is -0.257 e. The molecule has 0 radical (unpaired) electrons. The molecule has 0 aliphatic heterocycles. The fourth-order valence-electron chi connectivity index (χ4n) is 2.13. The number of hydrogen-bond donors (Lipinski definition) is 0. The largest absolute Gasteiger partial charge is 0.257 e. The highest BCUT2D eigenvalue weighted by Gasteiger charge is 2.28. The van der Waals surface area contributed by atoms with Gasteiger partial charge in [-0.15, -0.1) is 0 Å². The van der Waals surface area contributed by atoms with E-state index in [2.05, 4.69) is 21.0 Å². The number of aromatic nitrogens is 2. The van der Waals surface area contributed by atoms with E-state index in [1.807, 2.05) is 14.0 Å². The summed E-state index contributed by atoms with van der Waals surface area (Å²) in [6.45, 7) is 2.04. The second-order valence-electron chi connectivity index (χ2n) is 4.72. The normalized spacial score (nSPS) is 17.8. The summed E-state index contributed by atoms with van der Waals surface area (Å²) in [6, 6.07) is 0. The maximum absolute atomic E-state index is 6.19. The van der Waals surface area contributed by atoms with E-state index in [9.17, 15) is 0 Å². The van der Waals surface area contributed by atoms with Gasteiger partial charge in [-0.1, -0.05) is 27.5 Å². The quantitative estimate of drug-likeness (QED) is 0.755. The highest BCUT2D eigenvalue weighted by atomic mass is 79.9. The second-order valence-corrected chi connectivity index (χ2v) is 6.26. The third-order valence-electron chi connectivity index (χ3n) is 3.31. The molecule has 0 aromatic carbocycles. The van der Waals surface area contributed by atoms with Crippen molar-refractivity contribution in [2.75, 3.05) is 0 Å². The number of nitrogens with zero attached hydrogens (tertiary/aromatic N) is 2. The molecule has 0 amide bonds. The number of rotatable bonds is 5. The predicted octanol–water partition coefficient (Wildman–Crippen LogP) is 3.88. The van der Waals surface area contributed by atoms with E-state index in [1.165, 1.54) is 31.2 Å². The van der Waals surface area contributed by atoms with Crippen molar-refractivity contribution in [3.63, 3.8) is 0 Å². The third kappa shape index (κ3) is 2.80. The molecule has 0 saturated heterocycles. The molecule has 1 unspecified atom stereocenters. The fraction of sp³-hybridized carbons (Fsp3) is 0.750. The fourth-order valence-corrected chi connectivity index (χ4v) is 3.25. The van der Waals surface area contributed by atoms with Crippen LogP contribution in [0.15, 0.2) is 0 Å². The van der Waals surface area contributed by atoms with Crippen LogP contribution in [-0.4, -0.2) is 14.6 Å². The van der Waals surface area contributed by atoms with Gasteiger partial charge in [-0.2, -0.15) is 5.10 Å². The van der Waals surface area contributed by atoms with Crippen LogP contribution in [0.2, 0.25) is 5.15 Å². The van der Waals surface area contributed by atoms with E-state index in [0.717, 1.165) is 23.2 Å². The number of halogens is 2. The topological polar surface area (TPSA) is 17.8 Å². The summed E-state index contributed by atoms with van der Waals surface area (Å²) in [5.41, 5.74) is 2.30. The van der Waals surface area contributed by atoms with E-state index < -0.39 is 0 Å². The molecule has 1 atom stereocenters. The van der Waals surface area contributed by atoms with Gasteiger partial charge in [0.1, 0.15) is 5.15 Å². The summed E-state index contributed by atoms with van der Waals surface area (Å²) < 4.78 is 1.76. The minimum absolute atomic E-state index is 0.711. The van der Waals surface area contributed by atoms with Crippen LogP contribution in [0.3, 0.4) is 0 Å². The first-order chi connectivity index (χ1) is 7.59. The smallest absolute Gasteiger partial charge is 0.130 e. The van der Waals surface area contributed by atoms with Gasteiger partial charge in [0.15, 0.2) is 0 Å². The molecule has 16 heavy (non-hydrogen) atoms. The van der Waals surface area contributed by atoms with Gasteiger partial charge in [0.2, 0.25) is 0 Å². The van der Waals surface area contributed by atoms with Crippen molar-refractivity contribution in [2.45, 2.75) is 43.9 Å². The van der Waals surface area contributed by atoms with Gasteiger partial charge in [0, 0.05) is 17.4 Å². The van der Waals surface area contributed by atoms with Crippen molar-refractivity contribution < 1.29 is 0 Å². The Morgan fingerprint density at radius 2 is 2.25 bits per heavy atom. The summed E-state index contributed by atoms with van der Waals surface area (Å²) in [5, 5.41) is 5.13. The summed E-state index contributed by atoms with van der Waals surface area (Å²) in [7, 11) is 1.90. The van der Waals surface area contributed by atoms with Gasteiger partial charge in [0.05, 0.1) is 5.69 Å². The van der Waals surface area contributed by atoms with Crippen LogP contribution in [0.4, 0.5) is 0 Å². The summed E-state index contributed by atoms with van der Waals surface area (Å²) in [5.74, 6) is 0.936. The second kappa shape index (κ2) is 5.09. The minimum atomic E-state index is 0.711. The summed E-state index contributed by atoms with van der Waals surface area (Å²) >= 11 is 9.96. The Bertz CT molecular complexity index is 371. The van der Waals surface area contributed by atoms with Crippen LogP contribution >= 0.6 is 27.5 Å². The average molecular weight is 306 g/mol. The molecular weight excluding hydrogens is 288 g/mol. The molecular formula is C12H18BrClN2. The van der Waals surface area contributed by atoms with Crippen molar-refractivity contribution in [3.8, 4) is 0 Å². The van der Waals surface area contributed by atoms with Crippen molar-refractivity contribution in [1.82, 2.24) is 9.78 Å². The average Bonchev–Trinajstić information content (AvgIpc) is 3.02. The number of aryl methyl sites for hydroxylation is 2. The van der Waals surface area contributed by atoms with Crippen molar-refractivity contribution in [2.24, 2.45) is 13.0 Å². The third-order valence-corrected chi connectivity index (χ3v) is 4.99. The van der Waals surface area contributed by atoms with Gasteiger partial charge >= 0.3 is 0 Å². The zero-order chi connectivity index (χ0) is 11.7. The lowest BCUT2D eigenvalue weighted by Crippen LogP contribution is -2.01. The molecule has 1 saturated carbocycles. The van der Waals surface area contributed by atoms with Gasteiger partial charge in [-0.25, -0.2) is 0 Å². The van der Waals surface area contributed by atoms with Gasteiger partial charge in [-0.3, -0.25) is 4.68 Å². The lowest BCUT2D eigenvalue weighted by atomic mass is 10.1. The maximum Gasteiger partial charge on any atom is 0.130 e. The molecule has 2 nitrogen and oxygen atoms in total. The Morgan fingerprint density at radius 1 is 1.56 bits per heavy atom. The van der Waals surface area contributed by atoms with Crippen LogP contribution in [0.1, 0.15) is 36.9 Å². The summed E-state index contributed by atoms with van der Waals surface area (Å²) in [6.07, 6.45) is 6.30. The lowest BCUT2D eigenvalue weighted by molar-refractivity contribution is 0.652. The molecule has 1 aromatic heterocycles. The van der Waals surface area contributed by atoms with Crippen LogP contribution in [-0.2, 0) is 13.5 Å². The molecule has 1 fully saturated rings. The van der Waals surface area contributed by atoms with E-state index in [0.29, 0.717) is 4.83 Å². The number of alkyl halides is 1. The zero-order valence-corrected chi connectivity index (χ0v) is 12.2. The van der Waals surface area contributed by atoms with E-state index in [-0.39, 0.29) is 0 Å². The van der Waals surface area contributed by atoms with Crippen LogP contribution in [0.25, 0.3) is 0 Å². The van der Waals surface area contributed by atoms with Gasteiger partial charge in [-0.05, 0) is 44.9 Å². The summed E-state index contributed by atoms with van der Waals surface area (Å²) in [4.78, 5) is 0.711. The maximum atomic E-state index is 6.19. The Morgan fingerprint density at radius 3 is 2.75 bits per heavy atom. The van der Waals surface area contributed by atoms with Crippen molar-refractivity contribution in [1.29, 1.82) is 0 Å². The van der Waals surface area contributed by atoms with E-state index in [1.54, 1.807) is 4.68 Å². The molecule has 0 bridgehead atoms. The first kappa shape index (κ1) is 12.4. The number of hydrogen-bond acceptors (Lipinski definition) is 1. The first-order valence-electron chi connectivity index (χ1n) is 5.91. The van der Waals surface area contributed by atoms with Crippen LogP contribution in [0, 0.1) is 12.8 Å². The van der Waals surface area contributed by atoms with Crippen LogP contribution < -0.4 is 0 Å². The highest BCUT2D eigenvalue weighted by molar-refractivity contribution is 9.09. The first-order valence-corrected chi connectivity index (χ1v) is 7.21. The Hall–Kier alpha value is -0.0200. The highest BCUT2D eigenvalue weighted by Crippen LogP contribution is 2.39. The SMILES string of the molecule is Cc1nn(C)c(Cl)c1CCCC(Br)C1CC1. The molecule has 90 valence electrons. The molecule has 1 aliphatic carbocycles. The zero-order valence-electron chi connectivity index (χ0n) is 9.84. The molecule has 0 spiro atoms. The Kier molecular flexibility index (Phi) is 3.96. The van der Waals surface area contributed by atoms with Crippen molar-refractivity contribution in [3.05, 3.63) is 16.4 Å². The standard InChI is InChI=1S/C12H18BrClN2/c1-8-10(12(14)16(2)15-8)4-3-5-11(13)9-6-7-9/h9,11H,3-7H2,1-2H3. The van der Waals surface area contributed by atoms with Gasteiger partial charge in [0.25, 0.3) is 0 Å². The van der Waals surface area contributed by atoms with Gasteiger partial charge < -0.3 is 0 Å². The molecule has 1 heterocycles. The lowest BCUT2D eigenvalue weighted by Gasteiger charge is -2.07. The van der Waals surface area contributed by atoms with Crippen LogP contribution in [0.5, 0.6) is 0 Å². The molecule has 1 aromatic rings. The van der Waals surface area contributed by atoms with Crippen molar-refractivity contribution >= 4 is 27.5 Å². The Balaban J connectivity index is 1.84. The van der Waals surface area contributed by atoms with E-state index in [4.69, 9.17) is 11.6 Å². The Labute approximate surface area is 110 Å². The molecule has 4 heteroatoms. The van der Waals surface area contributed by atoms with E-state index >= 15 is 0 Å². The molecule has 0 N–H and O–H groups in total. The molecule has 1 aliphatic rings. The molecule has 2 rings (SSSR count).